The maximum atomic E-state index is 13.5. The van der Waals surface area contributed by atoms with Crippen LogP contribution in [-0.4, -0.2) is 48.3 Å². The molecule has 0 aromatic heterocycles. The van der Waals surface area contributed by atoms with Gasteiger partial charge in [-0.15, -0.1) is 0 Å². The van der Waals surface area contributed by atoms with Crippen LogP contribution in [0.3, 0.4) is 0 Å². The molecule has 0 spiro atoms. The highest BCUT2D eigenvalue weighted by Crippen LogP contribution is 2.51. The summed E-state index contributed by atoms with van der Waals surface area (Å²) in [5.41, 5.74) is 7.24. The minimum atomic E-state index is -1.21. The van der Waals surface area contributed by atoms with E-state index in [-0.39, 0.29) is 5.97 Å². The molecule has 1 unspecified atom stereocenters. The van der Waals surface area contributed by atoms with Crippen LogP contribution in [0.25, 0.3) is 0 Å². The molecule has 200 valence electrons. The molecule has 0 aliphatic carbocycles. The fraction of sp³-hybridized carbons (Fsp3) is 0.242. The molecule has 0 fully saturated rings. The van der Waals surface area contributed by atoms with Crippen LogP contribution >= 0.6 is 0 Å². The van der Waals surface area contributed by atoms with Crippen LogP contribution in [0.1, 0.15) is 27.0 Å². The molecule has 0 saturated heterocycles. The Bertz CT molecular complexity index is 1440. The third kappa shape index (κ3) is 4.46. The van der Waals surface area contributed by atoms with Gasteiger partial charge in [-0.25, -0.2) is 4.79 Å². The SMILES string of the molecule is Cc1cc(N(C)C)ccc1C1(N(c2ccc(N(C)C)cc2)c2ccc(N(C)C)cc2)OC(=O)c2ccccc21. The van der Waals surface area contributed by atoms with Gasteiger partial charge in [-0.2, -0.15) is 0 Å². The zero-order valence-corrected chi connectivity index (χ0v) is 23.8. The highest BCUT2D eigenvalue weighted by atomic mass is 16.6. The summed E-state index contributed by atoms with van der Waals surface area (Å²) in [5, 5.41) is 0. The number of carbonyl (C=O) groups excluding carboxylic acids is 1. The van der Waals surface area contributed by atoms with Crippen molar-refractivity contribution in [3.63, 3.8) is 0 Å². The number of ether oxygens (including phenoxy) is 1. The van der Waals surface area contributed by atoms with Crippen LogP contribution in [0.4, 0.5) is 28.4 Å². The van der Waals surface area contributed by atoms with Crippen molar-refractivity contribution in [2.24, 2.45) is 0 Å². The van der Waals surface area contributed by atoms with Crippen LogP contribution in [0.15, 0.2) is 91.0 Å². The van der Waals surface area contributed by atoms with Crippen molar-refractivity contribution in [2.75, 3.05) is 61.9 Å². The second kappa shape index (κ2) is 10.0. The molecular weight excluding hydrogens is 484 g/mol. The van der Waals surface area contributed by atoms with Crippen LogP contribution in [-0.2, 0) is 10.5 Å². The van der Waals surface area contributed by atoms with E-state index >= 15 is 0 Å². The first kappa shape index (κ1) is 26.2. The maximum absolute atomic E-state index is 13.5. The van der Waals surface area contributed by atoms with Gasteiger partial charge in [-0.05, 0) is 79.2 Å². The number of hydrogen-bond donors (Lipinski definition) is 0. The molecule has 1 aliphatic heterocycles. The van der Waals surface area contributed by atoms with E-state index < -0.39 is 5.72 Å². The Morgan fingerprint density at radius 2 is 1.03 bits per heavy atom. The average Bonchev–Trinajstić information content (AvgIpc) is 3.22. The van der Waals surface area contributed by atoms with Gasteiger partial charge in [-0.3, -0.25) is 4.90 Å². The zero-order valence-electron chi connectivity index (χ0n) is 23.8. The standard InChI is InChI=1S/C33H36N4O2/c1-23-22-28(36(6)7)20-21-30(23)33(31-11-9-8-10-29(31)32(38)39-33)37(26-16-12-24(13-17-26)34(2)3)27-18-14-25(15-19-27)35(4)5/h8-22H,1-7H3. The summed E-state index contributed by atoms with van der Waals surface area (Å²) in [6, 6.07) is 30.8. The number of aryl methyl sites for hydroxylation is 1. The van der Waals surface area contributed by atoms with Gasteiger partial charge < -0.3 is 19.4 Å². The topological polar surface area (TPSA) is 39.3 Å². The highest BCUT2D eigenvalue weighted by molar-refractivity contribution is 5.97. The van der Waals surface area contributed by atoms with Crippen LogP contribution in [0, 0.1) is 6.92 Å². The Hall–Kier alpha value is -4.45. The van der Waals surface area contributed by atoms with E-state index in [0.29, 0.717) is 5.56 Å². The molecule has 1 heterocycles. The third-order valence-electron chi connectivity index (χ3n) is 7.41. The van der Waals surface area contributed by atoms with Crippen molar-refractivity contribution in [2.45, 2.75) is 12.6 Å². The van der Waals surface area contributed by atoms with Gasteiger partial charge in [0.25, 0.3) is 0 Å². The molecule has 0 radical (unpaired) electrons. The lowest BCUT2D eigenvalue weighted by Gasteiger charge is -2.43. The molecule has 6 nitrogen and oxygen atoms in total. The molecule has 39 heavy (non-hydrogen) atoms. The largest absolute Gasteiger partial charge is 0.426 e. The first-order valence-electron chi connectivity index (χ1n) is 13.1. The summed E-state index contributed by atoms with van der Waals surface area (Å²) in [5.74, 6) is -0.332. The lowest BCUT2D eigenvalue weighted by Crippen LogP contribution is -2.45. The molecule has 0 N–H and O–H groups in total. The van der Waals surface area contributed by atoms with E-state index in [1.807, 2.05) is 66.6 Å². The molecule has 1 aliphatic rings. The summed E-state index contributed by atoms with van der Waals surface area (Å²) in [6.07, 6.45) is 0. The van der Waals surface area contributed by atoms with Crippen molar-refractivity contribution in [3.8, 4) is 0 Å². The quantitative estimate of drug-likeness (QED) is 0.263. The van der Waals surface area contributed by atoms with Crippen LogP contribution in [0.2, 0.25) is 0 Å². The smallest absolute Gasteiger partial charge is 0.341 e. The van der Waals surface area contributed by atoms with Crippen molar-refractivity contribution >= 4 is 34.4 Å². The van der Waals surface area contributed by atoms with Gasteiger partial charge in [0.15, 0.2) is 0 Å². The number of anilines is 5. The van der Waals surface area contributed by atoms with Gasteiger partial charge in [0, 0.05) is 81.8 Å². The van der Waals surface area contributed by atoms with Gasteiger partial charge in [0.2, 0.25) is 5.72 Å². The fourth-order valence-corrected chi connectivity index (χ4v) is 5.31. The molecule has 1 atom stereocenters. The van der Waals surface area contributed by atoms with E-state index in [0.717, 1.165) is 45.1 Å². The zero-order chi connectivity index (χ0) is 27.9. The van der Waals surface area contributed by atoms with Crippen LogP contribution in [0.5, 0.6) is 0 Å². The second-order valence-corrected chi connectivity index (χ2v) is 10.6. The predicted octanol–water partition coefficient (Wildman–Crippen LogP) is 6.40. The van der Waals surface area contributed by atoms with E-state index in [1.54, 1.807) is 0 Å². The lowest BCUT2D eigenvalue weighted by atomic mass is 9.87. The molecule has 6 heteroatoms. The number of hydrogen-bond acceptors (Lipinski definition) is 6. The summed E-state index contributed by atoms with van der Waals surface area (Å²) >= 11 is 0. The predicted molar refractivity (Wildman–Crippen MR) is 162 cm³/mol. The van der Waals surface area contributed by atoms with Crippen LogP contribution < -0.4 is 19.6 Å². The molecular formula is C33H36N4O2. The average molecular weight is 521 g/mol. The van der Waals surface area contributed by atoms with Crippen molar-refractivity contribution in [1.29, 1.82) is 0 Å². The van der Waals surface area contributed by atoms with Gasteiger partial charge >= 0.3 is 5.97 Å². The lowest BCUT2D eigenvalue weighted by molar-refractivity contribution is 0.0132. The number of carbonyl (C=O) groups is 1. The second-order valence-electron chi connectivity index (χ2n) is 10.6. The minimum Gasteiger partial charge on any atom is -0.426 e. The Kier molecular flexibility index (Phi) is 6.73. The Morgan fingerprint density at radius 1 is 0.564 bits per heavy atom. The van der Waals surface area contributed by atoms with E-state index in [4.69, 9.17) is 4.74 Å². The van der Waals surface area contributed by atoms with E-state index in [2.05, 4.69) is 93.3 Å². The fourth-order valence-electron chi connectivity index (χ4n) is 5.31. The Morgan fingerprint density at radius 3 is 1.51 bits per heavy atom. The molecule has 5 rings (SSSR count). The molecule has 0 bridgehead atoms. The number of esters is 1. The number of nitrogens with zero attached hydrogens (tertiary/aromatic N) is 4. The third-order valence-corrected chi connectivity index (χ3v) is 7.41. The summed E-state index contributed by atoms with van der Waals surface area (Å²) in [4.78, 5) is 21.9. The number of benzene rings is 4. The van der Waals surface area contributed by atoms with Crippen molar-refractivity contribution < 1.29 is 9.53 Å². The minimum absolute atomic E-state index is 0.332. The molecule has 0 saturated carbocycles. The van der Waals surface area contributed by atoms with E-state index in [9.17, 15) is 4.79 Å². The van der Waals surface area contributed by atoms with E-state index in [1.165, 1.54) is 0 Å². The number of rotatable bonds is 7. The van der Waals surface area contributed by atoms with Gasteiger partial charge in [0.1, 0.15) is 0 Å². The summed E-state index contributed by atoms with van der Waals surface area (Å²) in [6.45, 7) is 2.08. The molecule has 4 aromatic rings. The maximum Gasteiger partial charge on any atom is 0.341 e. The monoisotopic (exact) mass is 520 g/mol. The first-order valence-corrected chi connectivity index (χ1v) is 13.1. The molecule has 4 aromatic carbocycles. The summed E-state index contributed by atoms with van der Waals surface area (Å²) < 4.78 is 6.57. The van der Waals surface area contributed by atoms with Gasteiger partial charge in [0.05, 0.1) is 5.56 Å². The number of cyclic esters (lactones) is 1. The highest BCUT2D eigenvalue weighted by Gasteiger charge is 2.53. The first-order chi connectivity index (χ1) is 18.6. The normalized spacial score (nSPS) is 15.9. The summed E-state index contributed by atoms with van der Waals surface area (Å²) in [7, 11) is 12.2. The Labute approximate surface area is 231 Å². The van der Waals surface area contributed by atoms with Crippen molar-refractivity contribution in [1.82, 2.24) is 0 Å². The Balaban J connectivity index is 1.83. The van der Waals surface area contributed by atoms with Crippen molar-refractivity contribution in [3.05, 3.63) is 113 Å². The van der Waals surface area contributed by atoms with Gasteiger partial charge in [-0.1, -0.05) is 24.3 Å². The number of fused-ring (bicyclic) bond motifs is 1. The molecule has 0 amide bonds.